The van der Waals surface area contributed by atoms with Crippen molar-refractivity contribution in [1.29, 1.82) is 0 Å². The van der Waals surface area contributed by atoms with Crippen LogP contribution in [0, 0.1) is 0 Å². The Morgan fingerprint density at radius 1 is 1.24 bits per heavy atom. The first-order valence-electron chi connectivity index (χ1n) is 5.47. The predicted molar refractivity (Wildman–Crippen MR) is 64.5 cm³/mol. The molecule has 0 bridgehead atoms. The van der Waals surface area contributed by atoms with E-state index in [4.69, 9.17) is 14.6 Å². The Morgan fingerprint density at radius 3 is 2.35 bits per heavy atom. The fourth-order valence-electron chi connectivity index (χ4n) is 1.15. The molecule has 0 aliphatic rings. The molecule has 1 aromatic rings. The van der Waals surface area contributed by atoms with Crippen LogP contribution in [0.25, 0.3) is 0 Å². The quantitative estimate of drug-likeness (QED) is 0.739. The number of carboxylic acids is 1. The molecule has 1 aromatic carbocycles. The van der Waals surface area contributed by atoms with Gasteiger partial charge in [-0.05, 0) is 36.8 Å². The summed E-state index contributed by atoms with van der Waals surface area (Å²) >= 11 is 0. The minimum Gasteiger partial charge on any atom is -0.494 e. The topological polar surface area (TPSA) is 55.8 Å². The van der Waals surface area contributed by atoms with E-state index < -0.39 is 5.97 Å². The second-order valence-electron chi connectivity index (χ2n) is 3.37. The molecule has 0 spiro atoms. The summed E-state index contributed by atoms with van der Waals surface area (Å²) in [6.45, 7) is 2.98. The molecule has 0 radical (unpaired) electrons. The largest absolute Gasteiger partial charge is 0.494 e. The van der Waals surface area contributed by atoms with Crippen LogP contribution in [0.3, 0.4) is 0 Å². The van der Waals surface area contributed by atoms with Crippen LogP contribution in [0.5, 0.6) is 11.5 Å². The van der Waals surface area contributed by atoms with Gasteiger partial charge in [0.15, 0.2) is 0 Å². The number of carboxylic acid groups (broad SMARTS) is 1. The van der Waals surface area contributed by atoms with Crippen LogP contribution in [0.2, 0.25) is 0 Å². The predicted octanol–water partition coefficient (Wildman–Crippen LogP) is 2.50. The molecule has 0 amide bonds. The van der Waals surface area contributed by atoms with Gasteiger partial charge in [-0.25, -0.2) is 4.79 Å². The van der Waals surface area contributed by atoms with Crippen molar-refractivity contribution in [2.75, 3.05) is 13.2 Å². The maximum Gasteiger partial charge on any atom is 0.328 e. The molecule has 0 saturated heterocycles. The van der Waals surface area contributed by atoms with Gasteiger partial charge in [-0.3, -0.25) is 0 Å². The highest BCUT2D eigenvalue weighted by atomic mass is 16.5. The zero-order valence-corrected chi connectivity index (χ0v) is 9.76. The molecule has 4 nitrogen and oxygen atoms in total. The molecule has 0 aliphatic carbocycles. The van der Waals surface area contributed by atoms with Crippen molar-refractivity contribution < 1.29 is 19.4 Å². The number of aliphatic carboxylic acids is 1. The molecule has 92 valence electrons. The average molecular weight is 236 g/mol. The SMILES string of the molecule is CCCOc1ccc(OCC=CC(=O)O)cc1. The summed E-state index contributed by atoms with van der Waals surface area (Å²) in [5, 5.41) is 8.37. The molecule has 0 fully saturated rings. The molecular weight excluding hydrogens is 220 g/mol. The van der Waals surface area contributed by atoms with Gasteiger partial charge in [0.05, 0.1) is 6.61 Å². The van der Waals surface area contributed by atoms with Gasteiger partial charge in [0, 0.05) is 6.08 Å². The summed E-state index contributed by atoms with van der Waals surface area (Å²) < 4.78 is 10.7. The molecule has 0 heterocycles. The average Bonchev–Trinajstić information content (AvgIpc) is 2.33. The zero-order chi connectivity index (χ0) is 12.5. The number of benzene rings is 1. The van der Waals surface area contributed by atoms with Crippen molar-refractivity contribution >= 4 is 5.97 Å². The summed E-state index contributed by atoms with van der Waals surface area (Å²) in [6.07, 6.45) is 3.47. The second-order valence-corrected chi connectivity index (χ2v) is 3.37. The first-order chi connectivity index (χ1) is 8.22. The Kier molecular flexibility index (Phi) is 5.64. The Bertz CT molecular complexity index is 368. The monoisotopic (exact) mass is 236 g/mol. The zero-order valence-electron chi connectivity index (χ0n) is 9.76. The lowest BCUT2D eigenvalue weighted by Gasteiger charge is -2.06. The van der Waals surface area contributed by atoms with Gasteiger partial charge in [0.25, 0.3) is 0 Å². The van der Waals surface area contributed by atoms with Gasteiger partial charge >= 0.3 is 5.97 Å². The normalized spacial score (nSPS) is 10.4. The number of rotatable bonds is 7. The molecule has 0 aromatic heterocycles. The van der Waals surface area contributed by atoms with Crippen LogP contribution in [-0.4, -0.2) is 24.3 Å². The van der Waals surface area contributed by atoms with Gasteiger partial charge in [0.2, 0.25) is 0 Å². The highest BCUT2D eigenvalue weighted by molar-refractivity contribution is 5.79. The third-order valence-corrected chi connectivity index (χ3v) is 1.90. The molecule has 17 heavy (non-hydrogen) atoms. The fourth-order valence-corrected chi connectivity index (χ4v) is 1.15. The Labute approximate surface area is 100 Å². The molecule has 0 unspecified atom stereocenters. The van der Waals surface area contributed by atoms with Crippen LogP contribution in [0.15, 0.2) is 36.4 Å². The van der Waals surface area contributed by atoms with Crippen LogP contribution < -0.4 is 9.47 Å². The lowest BCUT2D eigenvalue weighted by Crippen LogP contribution is -1.97. The number of carbonyl (C=O) groups is 1. The minimum absolute atomic E-state index is 0.238. The van der Waals surface area contributed by atoms with Crippen molar-refractivity contribution in [2.45, 2.75) is 13.3 Å². The third-order valence-electron chi connectivity index (χ3n) is 1.90. The maximum atomic E-state index is 10.2. The first kappa shape index (κ1) is 13.1. The Balaban J connectivity index is 2.37. The van der Waals surface area contributed by atoms with E-state index >= 15 is 0 Å². The molecule has 4 heteroatoms. The smallest absolute Gasteiger partial charge is 0.328 e. The summed E-state index contributed by atoms with van der Waals surface area (Å²) in [7, 11) is 0. The van der Waals surface area contributed by atoms with E-state index in [2.05, 4.69) is 0 Å². The summed E-state index contributed by atoms with van der Waals surface area (Å²) in [6, 6.07) is 7.23. The van der Waals surface area contributed by atoms with Gasteiger partial charge in [-0.1, -0.05) is 6.92 Å². The minimum atomic E-state index is -0.975. The highest BCUT2D eigenvalue weighted by Crippen LogP contribution is 2.17. The number of hydrogen-bond donors (Lipinski definition) is 1. The van der Waals surface area contributed by atoms with Crippen molar-refractivity contribution in [3.8, 4) is 11.5 Å². The van der Waals surface area contributed by atoms with Crippen molar-refractivity contribution in [3.63, 3.8) is 0 Å². The standard InChI is InChI=1S/C13H16O4/c1-2-9-16-11-5-7-12(8-6-11)17-10-3-4-13(14)15/h3-8H,2,9-10H2,1H3,(H,14,15). The van der Waals surface area contributed by atoms with Crippen LogP contribution in [0.4, 0.5) is 0 Å². The fraction of sp³-hybridized carbons (Fsp3) is 0.308. The molecule has 0 atom stereocenters. The second kappa shape index (κ2) is 7.33. The van der Waals surface area contributed by atoms with E-state index in [1.807, 2.05) is 19.1 Å². The van der Waals surface area contributed by atoms with E-state index in [0.717, 1.165) is 18.2 Å². The van der Waals surface area contributed by atoms with Crippen LogP contribution in [-0.2, 0) is 4.79 Å². The van der Waals surface area contributed by atoms with Gasteiger partial charge in [-0.2, -0.15) is 0 Å². The van der Waals surface area contributed by atoms with E-state index in [9.17, 15) is 4.79 Å². The van der Waals surface area contributed by atoms with Gasteiger partial charge in [-0.15, -0.1) is 0 Å². The van der Waals surface area contributed by atoms with Crippen LogP contribution >= 0.6 is 0 Å². The Hall–Kier alpha value is -1.97. The van der Waals surface area contributed by atoms with Crippen molar-refractivity contribution in [1.82, 2.24) is 0 Å². The van der Waals surface area contributed by atoms with E-state index in [-0.39, 0.29) is 6.61 Å². The van der Waals surface area contributed by atoms with Crippen molar-refractivity contribution in [3.05, 3.63) is 36.4 Å². The van der Waals surface area contributed by atoms with E-state index in [0.29, 0.717) is 12.4 Å². The number of hydrogen-bond acceptors (Lipinski definition) is 3. The third kappa shape index (κ3) is 5.61. The molecule has 0 aliphatic heterocycles. The molecule has 0 saturated carbocycles. The maximum absolute atomic E-state index is 10.2. The summed E-state index contributed by atoms with van der Waals surface area (Å²) in [5.74, 6) is 0.515. The van der Waals surface area contributed by atoms with Crippen LogP contribution in [0.1, 0.15) is 13.3 Å². The molecule has 1 rings (SSSR count). The Morgan fingerprint density at radius 2 is 1.82 bits per heavy atom. The van der Waals surface area contributed by atoms with Crippen molar-refractivity contribution in [2.24, 2.45) is 0 Å². The van der Waals surface area contributed by atoms with Gasteiger partial charge < -0.3 is 14.6 Å². The van der Waals surface area contributed by atoms with Gasteiger partial charge in [0.1, 0.15) is 18.1 Å². The highest BCUT2D eigenvalue weighted by Gasteiger charge is 1.95. The molecular formula is C13H16O4. The number of ether oxygens (including phenoxy) is 2. The summed E-state index contributed by atoms with van der Waals surface area (Å²) in [5.41, 5.74) is 0. The molecule has 1 N–H and O–H groups in total. The summed E-state index contributed by atoms with van der Waals surface area (Å²) in [4.78, 5) is 10.2. The van der Waals surface area contributed by atoms with E-state index in [1.165, 1.54) is 6.08 Å². The lowest BCUT2D eigenvalue weighted by molar-refractivity contribution is -0.131. The van der Waals surface area contributed by atoms with E-state index in [1.54, 1.807) is 12.1 Å². The first-order valence-corrected chi connectivity index (χ1v) is 5.47. The lowest BCUT2D eigenvalue weighted by atomic mass is 10.3.